The highest BCUT2D eigenvalue weighted by Crippen LogP contribution is 2.18. The molecule has 0 aliphatic rings. The van der Waals surface area contributed by atoms with E-state index >= 15 is 0 Å². The molecule has 2 aromatic rings. The van der Waals surface area contributed by atoms with Gasteiger partial charge < -0.3 is 0 Å². The van der Waals surface area contributed by atoms with E-state index in [9.17, 15) is 4.79 Å². The van der Waals surface area contributed by atoms with Crippen LogP contribution in [0.25, 0.3) is 0 Å². The number of ketones is 1. The molecule has 1 aromatic carbocycles. The lowest BCUT2D eigenvalue weighted by atomic mass is 9.90. The fraction of sp³-hybridized carbons (Fsp3) is 0.294. The molecule has 1 atom stereocenters. The SMILES string of the molecule is CC[C@@H](CCc1ccccn1)C(=O)c1ccccc1. The van der Waals surface area contributed by atoms with Gasteiger partial charge in [-0.15, -0.1) is 0 Å². The molecule has 0 bridgehead atoms. The van der Waals surface area contributed by atoms with Gasteiger partial charge in [0.15, 0.2) is 5.78 Å². The van der Waals surface area contributed by atoms with E-state index in [1.54, 1.807) is 6.20 Å². The number of pyridine rings is 1. The average Bonchev–Trinajstić information content (AvgIpc) is 2.49. The molecule has 0 spiro atoms. The summed E-state index contributed by atoms with van der Waals surface area (Å²) in [5.74, 6) is 0.337. The van der Waals surface area contributed by atoms with Crippen LogP contribution in [0.3, 0.4) is 0 Å². The minimum Gasteiger partial charge on any atom is -0.294 e. The predicted octanol–water partition coefficient (Wildman–Crippen LogP) is 3.92. The molecular formula is C17H19NO. The summed E-state index contributed by atoms with van der Waals surface area (Å²) in [7, 11) is 0. The minimum atomic E-state index is 0.0874. The Morgan fingerprint density at radius 1 is 1.11 bits per heavy atom. The normalized spacial score (nSPS) is 12.1. The average molecular weight is 253 g/mol. The molecule has 1 heterocycles. The monoisotopic (exact) mass is 253 g/mol. The topological polar surface area (TPSA) is 30.0 Å². The van der Waals surface area contributed by atoms with Crippen molar-refractivity contribution in [1.82, 2.24) is 4.98 Å². The molecule has 0 saturated carbocycles. The van der Waals surface area contributed by atoms with Crippen LogP contribution in [0.1, 0.15) is 35.8 Å². The standard InChI is InChI=1S/C17H19NO/c1-2-14(11-12-16-10-6-7-13-18-16)17(19)15-8-4-3-5-9-15/h3-10,13-14H,2,11-12H2,1H3/t14-/m0/s1. The Labute approximate surface area is 114 Å². The molecule has 0 aliphatic heterocycles. The summed E-state index contributed by atoms with van der Waals surface area (Å²) in [5, 5.41) is 0. The van der Waals surface area contributed by atoms with Gasteiger partial charge in [0.1, 0.15) is 0 Å². The number of hydrogen-bond acceptors (Lipinski definition) is 2. The van der Waals surface area contributed by atoms with Crippen LogP contribution in [0.4, 0.5) is 0 Å². The van der Waals surface area contributed by atoms with Gasteiger partial charge in [-0.25, -0.2) is 0 Å². The van der Waals surface area contributed by atoms with Gasteiger partial charge in [0.2, 0.25) is 0 Å². The van der Waals surface area contributed by atoms with Crippen LogP contribution in [0.15, 0.2) is 54.7 Å². The maximum absolute atomic E-state index is 12.4. The van der Waals surface area contributed by atoms with Gasteiger partial charge in [-0.05, 0) is 31.4 Å². The summed E-state index contributed by atoms with van der Waals surface area (Å²) in [6.07, 6.45) is 4.40. The maximum atomic E-state index is 12.4. The second-order valence-electron chi connectivity index (χ2n) is 4.70. The fourth-order valence-electron chi connectivity index (χ4n) is 2.23. The molecule has 98 valence electrons. The number of aromatic nitrogens is 1. The van der Waals surface area contributed by atoms with Gasteiger partial charge in [-0.1, -0.05) is 43.3 Å². The Balaban J connectivity index is 1.99. The van der Waals surface area contributed by atoms with Crippen LogP contribution >= 0.6 is 0 Å². The van der Waals surface area contributed by atoms with E-state index in [0.717, 1.165) is 30.5 Å². The largest absolute Gasteiger partial charge is 0.294 e. The van der Waals surface area contributed by atoms with Crippen molar-refractivity contribution in [2.24, 2.45) is 5.92 Å². The first-order valence-electron chi connectivity index (χ1n) is 6.80. The third-order valence-corrected chi connectivity index (χ3v) is 3.40. The second-order valence-corrected chi connectivity index (χ2v) is 4.70. The van der Waals surface area contributed by atoms with Gasteiger partial charge in [-0.3, -0.25) is 9.78 Å². The summed E-state index contributed by atoms with van der Waals surface area (Å²) in [4.78, 5) is 16.7. The lowest BCUT2D eigenvalue weighted by Crippen LogP contribution is -2.15. The molecule has 0 unspecified atom stereocenters. The zero-order valence-electron chi connectivity index (χ0n) is 11.3. The van der Waals surface area contributed by atoms with Crippen LogP contribution in [0.5, 0.6) is 0 Å². The number of rotatable bonds is 6. The van der Waals surface area contributed by atoms with E-state index in [0.29, 0.717) is 0 Å². The number of carbonyl (C=O) groups is 1. The third kappa shape index (κ3) is 3.75. The number of Topliss-reactive ketones (excluding diaryl/α,β-unsaturated/α-hetero) is 1. The van der Waals surface area contributed by atoms with E-state index in [4.69, 9.17) is 0 Å². The zero-order valence-corrected chi connectivity index (χ0v) is 11.3. The minimum absolute atomic E-state index is 0.0874. The number of benzene rings is 1. The Morgan fingerprint density at radius 3 is 2.47 bits per heavy atom. The highest BCUT2D eigenvalue weighted by molar-refractivity contribution is 5.97. The summed E-state index contributed by atoms with van der Waals surface area (Å²) in [5.41, 5.74) is 1.87. The number of nitrogens with zero attached hydrogens (tertiary/aromatic N) is 1. The van der Waals surface area contributed by atoms with E-state index in [1.807, 2.05) is 48.5 Å². The van der Waals surface area contributed by atoms with Crippen molar-refractivity contribution in [3.05, 3.63) is 66.0 Å². The lowest BCUT2D eigenvalue weighted by molar-refractivity contribution is 0.0910. The molecule has 0 amide bonds. The molecule has 0 N–H and O–H groups in total. The molecule has 0 fully saturated rings. The Bertz CT molecular complexity index is 507. The molecular weight excluding hydrogens is 234 g/mol. The Kier molecular flexibility index (Phi) is 4.85. The summed E-state index contributed by atoms with van der Waals surface area (Å²) in [6.45, 7) is 2.07. The molecule has 2 heteroatoms. The lowest BCUT2D eigenvalue weighted by Gasteiger charge is -2.13. The molecule has 0 saturated heterocycles. The van der Waals surface area contributed by atoms with Crippen molar-refractivity contribution < 1.29 is 4.79 Å². The van der Waals surface area contributed by atoms with Gasteiger partial charge in [0.05, 0.1) is 0 Å². The van der Waals surface area contributed by atoms with Crippen LogP contribution in [0.2, 0.25) is 0 Å². The van der Waals surface area contributed by atoms with Gasteiger partial charge >= 0.3 is 0 Å². The summed E-state index contributed by atoms with van der Waals surface area (Å²) < 4.78 is 0. The number of aryl methyl sites for hydroxylation is 1. The molecule has 0 radical (unpaired) electrons. The van der Waals surface area contributed by atoms with Crippen molar-refractivity contribution in [2.45, 2.75) is 26.2 Å². The predicted molar refractivity (Wildman–Crippen MR) is 77.1 cm³/mol. The highest BCUT2D eigenvalue weighted by atomic mass is 16.1. The van der Waals surface area contributed by atoms with Crippen molar-refractivity contribution in [1.29, 1.82) is 0 Å². The summed E-state index contributed by atoms with van der Waals surface area (Å²) in [6, 6.07) is 15.5. The van der Waals surface area contributed by atoms with E-state index in [2.05, 4.69) is 11.9 Å². The zero-order chi connectivity index (χ0) is 13.5. The number of hydrogen-bond donors (Lipinski definition) is 0. The van der Waals surface area contributed by atoms with Gasteiger partial charge in [0.25, 0.3) is 0 Å². The van der Waals surface area contributed by atoms with Gasteiger partial charge in [0, 0.05) is 23.4 Å². The van der Waals surface area contributed by atoms with Crippen LogP contribution in [-0.4, -0.2) is 10.8 Å². The highest BCUT2D eigenvalue weighted by Gasteiger charge is 2.17. The third-order valence-electron chi connectivity index (χ3n) is 3.40. The van der Waals surface area contributed by atoms with Crippen molar-refractivity contribution in [2.75, 3.05) is 0 Å². The van der Waals surface area contributed by atoms with E-state index < -0.39 is 0 Å². The molecule has 2 rings (SSSR count). The first-order chi connectivity index (χ1) is 9.31. The molecule has 0 aliphatic carbocycles. The summed E-state index contributed by atoms with van der Waals surface area (Å²) >= 11 is 0. The first-order valence-corrected chi connectivity index (χ1v) is 6.80. The van der Waals surface area contributed by atoms with Crippen molar-refractivity contribution in [3.8, 4) is 0 Å². The fourth-order valence-corrected chi connectivity index (χ4v) is 2.23. The quantitative estimate of drug-likeness (QED) is 0.730. The smallest absolute Gasteiger partial charge is 0.165 e. The Morgan fingerprint density at radius 2 is 1.84 bits per heavy atom. The Hall–Kier alpha value is -1.96. The molecule has 2 nitrogen and oxygen atoms in total. The van der Waals surface area contributed by atoms with E-state index in [1.165, 1.54) is 0 Å². The van der Waals surface area contributed by atoms with Crippen LogP contribution in [0, 0.1) is 5.92 Å². The molecule has 1 aromatic heterocycles. The van der Waals surface area contributed by atoms with Gasteiger partial charge in [-0.2, -0.15) is 0 Å². The molecule has 19 heavy (non-hydrogen) atoms. The first kappa shape index (κ1) is 13.5. The maximum Gasteiger partial charge on any atom is 0.165 e. The van der Waals surface area contributed by atoms with E-state index in [-0.39, 0.29) is 11.7 Å². The van der Waals surface area contributed by atoms with Crippen LogP contribution < -0.4 is 0 Å². The van der Waals surface area contributed by atoms with Crippen molar-refractivity contribution in [3.63, 3.8) is 0 Å². The second kappa shape index (κ2) is 6.83. The van der Waals surface area contributed by atoms with Crippen LogP contribution in [-0.2, 0) is 6.42 Å². The van der Waals surface area contributed by atoms with Crippen molar-refractivity contribution >= 4 is 5.78 Å². The number of carbonyl (C=O) groups excluding carboxylic acids is 1.